The molecule has 1 aromatic rings. The van der Waals surface area contributed by atoms with Crippen molar-refractivity contribution in [1.29, 1.82) is 0 Å². The second-order valence-corrected chi connectivity index (χ2v) is 1.62. The minimum absolute atomic E-state index is 0. The third kappa shape index (κ3) is 2.89. The van der Waals surface area contributed by atoms with Gasteiger partial charge in [0.25, 0.3) is 0 Å². The van der Waals surface area contributed by atoms with E-state index in [9.17, 15) is 0 Å². The van der Waals surface area contributed by atoms with Gasteiger partial charge in [-0.05, 0) is 12.1 Å². The van der Waals surface area contributed by atoms with Gasteiger partial charge in [0, 0.05) is 12.7 Å². The molecule has 44 valence electrons. The number of nitrogens with one attached hydrogen (secondary N) is 1. The van der Waals surface area contributed by atoms with Crippen molar-refractivity contribution in [3.05, 3.63) is 30.3 Å². The summed E-state index contributed by atoms with van der Waals surface area (Å²) in [6, 6.07) is 10.1. The third-order valence-electron chi connectivity index (χ3n) is 1.06. The number of para-hydroxylation sites is 1. The van der Waals surface area contributed by atoms with Gasteiger partial charge in [0.05, 0.1) is 0 Å². The van der Waals surface area contributed by atoms with E-state index < -0.39 is 0 Å². The average molecular weight is 131 g/mol. The molecule has 0 fully saturated rings. The van der Waals surface area contributed by atoms with Gasteiger partial charge in [-0.2, -0.15) is 0 Å². The molecule has 0 aliphatic carbocycles. The fraction of sp³-hybridized carbons (Fsp3) is 0.143. The number of rotatable bonds is 1. The summed E-state index contributed by atoms with van der Waals surface area (Å²) < 4.78 is 0. The van der Waals surface area contributed by atoms with Gasteiger partial charge in [0.15, 0.2) is 0 Å². The van der Waals surface area contributed by atoms with Crippen LogP contribution in [0.1, 0.15) is 0 Å². The Morgan fingerprint density at radius 1 is 1.11 bits per heavy atom. The standard InChI is InChI=1S/C7H9N.Na.H/c1-8-7-5-3-2-4-6-7;;/h2-6,8H,1H3;;. The molecule has 1 N–H and O–H groups in total. The molecule has 0 spiro atoms. The first-order valence-electron chi connectivity index (χ1n) is 2.66. The maximum atomic E-state index is 3.03. The summed E-state index contributed by atoms with van der Waals surface area (Å²) in [7, 11) is 1.91. The maximum absolute atomic E-state index is 3.03. The fourth-order valence-electron chi connectivity index (χ4n) is 0.605. The predicted octanol–water partition coefficient (Wildman–Crippen LogP) is 1.08. The van der Waals surface area contributed by atoms with Crippen LogP contribution < -0.4 is 5.32 Å². The van der Waals surface area contributed by atoms with Crippen molar-refractivity contribution in [2.45, 2.75) is 0 Å². The molecule has 0 aliphatic heterocycles. The van der Waals surface area contributed by atoms with Crippen molar-refractivity contribution >= 4 is 35.2 Å². The van der Waals surface area contributed by atoms with E-state index in [-0.39, 0.29) is 29.6 Å². The van der Waals surface area contributed by atoms with E-state index in [1.165, 1.54) is 0 Å². The molecule has 0 unspecified atom stereocenters. The van der Waals surface area contributed by atoms with Gasteiger partial charge in [-0.3, -0.25) is 0 Å². The van der Waals surface area contributed by atoms with E-state index >= 15 is 0 Å². The van der Waals surface area contributed by atoms with Crippen molar-refractivity contribution in [2.75, 3.05) is 12.4 Å². The molecule has 0 bridgehead atoms. The van der Waals surface area contributed by atoms with Crippen LogP contribution in [0.5, 0.6) is 0 Å². The van der Waals surface area contributed by atoms with Crippen LogP contribution in [0.15, 0.2) is 30.3 Å². The number of anilines is 1. The number of hydrogen-bond acceptors (Lipinski definition) is 1. The Bertz CT molecular complexity index is 150. The van der Waals surface area contributed by atoms with Crippen molar-refractivity contribution in [3.8, 4) is 0 Å². The summed E-state index contributed by atoms with van der Waals surface area (Å²) in [6.45, 7) is 0. The molecule has 1 aromatic carbocycles. The molecule has 0 radical (unpaired) electrons. The molecule has 9 heavy (non-hydrogen) atoms. The average Bonchev–Trinajstić information content (AvgIpc) is 1.90. The first-order chi connectivity index (χ1) is 3.93. The quantitative estimate of drug-likeness (QED) is 0.562. The van der Waals surface area contributed by atoms with E-state index in [2.05, 4.69) is 5.32 Å². The number of benzene rings is 1. The Kier molecular flexibility index (Phi) is 4.87. The zero-order chi connectivity index (χ0) is 5.82. The first kappa shape index (κ1) is 9.02. The summed E-state index contributed by atoms with van der Waals surface area (Å²) in [5, 5.41) is 3.03. The molecular weight excluding hydrogens is 121 g/mol. The van der Waals surface area contributed by atoms with E-state index in [0.717, 1.165) is 5.69 Å². The van der Waals surface area contributed by atoms with Gasteiger partial charge in [0.1, 0.15) is 0 Å². The van der Waals surface area contributed by atoms with E-state index in [4.69, 9.17) is 0 Å². The topological polar surface area (TPSA) is 12.0 Å². The zero-order valence-electron chi connectivity index (χ0n) is 4.89. The first-order valence-corrected chi connectivity index (χ1v) is 2.66. The Hall–Kier alpha value is 0.0200. The zero-order valence-corrected chi connectivity index (χ0v) is 4.89. The van der Waals surface area contributed by atoms with E-state index in [1.807, 2.05) is 37.4 Å². The van der Waals surface area contributed by atoms with Crippen LogP contribution in [-0.2, 0) is 0 Å². The molecule has 0 atom stereocenters. The number of hydrogen-bond donors (Lipinski definition) is 1. The van der Waals surface area contributed by atoms with Crippen LogP contribution in [0.4, 0.5) is 5.69 Å². The molecular formula is C7H10NNa. The fourth-order valence-corrected chi connectivity index (χ4v) is 0.605. The molecule has 0 saturated heterocycles. The summed E-state index contributed by atoms with van der Waals surface area (Å²) >= 11 is 0. The predicted molar refractivity (Wildman–Crippen MR) is 43.1 cm³/mol. The van der Waals surface area contributed by atoms with Crippen molar-refractivity contribution < 1.29 is 0 Å². The van der Waals surface area contributed by atoms with Crippen LogP contribution in [-0.4, -0.2) is 36.6 Å². The van der Waals surface area contributed by atoms with Crippen molar-refractivity contribution in [2.24, 2.45) is 0 Å². The van der Waals surface area contributed by atoms with Crippen LogP contribution in [0.3, 0.4) is 0 Å². The van der Waals surface area contributed by atoms with E-state index in [1.54, 1.807) is 0 Å². The van der Waals surface area contributed by atoms with E-state index in [0.29, 0.717) is 0 Å². The second kappa shape index (κ2) is 4.86. The van der Waals surface area contributed by atoms with Gasteiger partial charge in [-0.1, -0.05) is 18.2 Å². The molecule has 1 nitrogen and oxygen atoms in total. The Morgan fingerprint density at radius 2 is 1.67 bits per heavy atom. The minimum atomic E-state index is 0. The van der Waals surface area contributed by atoms with Crippen molar-refractivity contribution in [3.63, 3.8) is 0 Å². The normalized spacial score (nSPS) is 7.67. The molecule has 2 heteroatoms. The van der Waals surface area contributed by atoms with Crippen LogP contribution in [0, 0.1) is 0 Å². The molecule has 0 aliphatic rings. The van der Waals surface area contributed by atoms with Crippen LogP contribution in [0.2, 0.25) is 0 Å². The van der Waals surface area contributed by atoms with Crippen molar-refractivity contribution in [1.82, 2.24) is 0 Å². The van der Waals surface area contributed by atoms with Gasteiger partial charge >= 0.3 is 29.6 Å². The Balaban J connectivity index is 0.000000640. The van der Waals surface area contributed by atoms with Crippen LogP contribution >= 0.6 is 0 Å². The van der Waals surface area contributed by atoms with Gasteiger partial charge in [0.2, 0.25) is 0 Å². The van der Waals surface area contributed by atoms with Crippen LogP contribution in [0.25, 0.3) is 0 Å². The summed E-state index contributed by atoms with van der Waals surface area (Å²) in [6.07, 6.45) is 0. The monoisotopic (exact) mass is 131 g/mol. The second-order valence-electron chi connectivity index (χ2n) is 1.62. The SMILES string of the molecule is CNc1ccccc1.[NaH]. The third-order valence-corrected chi connectivity index (χ3v) is 1.06. The van der Waals surface area contributed by atoms with Gasteiger partial charge < -0.3 is 5.32 Å². The summed E-state index contributed by atoms with van der Waals surface area (Å²) in [4.78, 5) is 0. The molecule has 0 aromatic heterocycles. The van der Waals surface area contributed by atoms with Gasteiger partial charge in [-0.15, -0.1) is 0 Å². The molecule has 0 saturated carbocycles. The molecule has 0 heterocycles. The summed E-state index contributed by atoms with van der Waals surface area (Å²) in [5.74, 6) is 0. The Morgan fingerprint density at radius 3 is 2.00 bits per heavy atom. The Labute approximate surface area is 77.8 Å². The van der Waals surface area contributed by atoms with Gasteiger partial charge in [-0.25, -0.2) is 0 Å². The molecule has 0 amide bonds. The summed E-state index contributed by atoms with van der Waals surface area (Å²) in [5.41, 5.74) is 1.16. The molecule has 1 rings (SSSR count).